The van der Waals surface area contributed by atoms with Gasteiger partial charge in [0, 0.05) is 17.2 Å². The van der Waals surface area contributed by atoms with E-state index < -0.39 is 0 Å². The molecule has 2 heteroatoms. The Morgan fingerprint density at radius 3 is 2.44 bits per heavy atom. The lowest BCUT2D eigenvalue weighted by Gasteiger charge is -2.00. The molecule has 0 fully saturated rings. The normalized spacial score (nSPS) is 12.3. The minimum absolute atomic E-state index is 0.0628. The predicted molar refractivity (Wildman–Crippen MR) is 70.0 cm³/mol. The van der Waals surface area contributed by atoms with Gasteiger partial charge in [-0.1, -0.05) is 36.4 Å². The van der Waals surface area contributed by atoms with Crippen molar-refractivity contribution in [2.75, 3.05) is 0 Å². The molecule has 18 heavy (non-hydrogen) atoms. The van der Waals surface area contributed by atoms with Gasteiger partial charge in [-0.05, 0) is 28.8 Å². The summed E-state index contributed by atoms with van der Waals surface area (Å²) in [7, 11) is 0. The molecule has 1 aliphatic carbocycles. The number of hydrogen-bond donors (Lipinski definition) is 0. The van der Waals surface area contributed by atoms with Gasteiger partial charge in [0.05, 0.1) is 6.07 Å². The van der Waals surface area contributed by atoms with Gasteiger partial charge in [-0.2, -0.15) is 5.26 Å². The molecule has 0 amide bonds. The van der Waals surface area contributed by atoms with Crippen LogP contribution in [-0.4, -0.2) is 5.78 Å². The summed E-state index contributed by atoms with van der Waals surface area (Å²) in [6, 6.07) is 15.3. The van der Waals surface area contributed by atoms with Crippen molar-refractivity contribution in [2.45, 2.75) is 0 Å². The van der Waals surface area contributed by atoms with Gasteiger partial charge in [0.15, 0.2) is 5.78 Å². The Labute approximate surface area is 105 Å². The summed E-state index contributed by atoms with van der Waals surface area (Å²) < 4.78 is 0. The second kappa shape index (κ2) is 3.97. The standard InChI is InChI=1S/C16H9NO/c17-9-3-4-11-7-8-13-12-5-1-2-6-14(12)16(18)15(13)10-11/h1-8,10H. The first kappa shape index (κ1) is 10.5. The van der Waals surface area contributed by atoms with Crippen LogP contribution in [0.5, 0.6) is 0 Å². The molecule has 0 radical (unpaired) electrons. The third-order valence-corrected chi connectivity index (χ3v) is 3.10. The van der Waals surface area contributed by atoms with E-state index in [0.29, 0.717) is 0 Å². The van der Waals surface area contributed by atoms with Crippen LogP contribution in [0.2, 0.25) is 0 Å². The minimum atomic E-state index is 0.0628. The maximum Gasteiger partial charge on any atom is 0.194 e. The summed E-state index contributed by atoms with van der Waals surface area (Å²) in [6.07, 6.45) is 3.12. The zero-order valence-electron chi connectivity index (χ0n) is 9.55. The van der Waals surface area contributed by atoms with Crippen molar-refractivity contribution in [1.82, 2.24) is 0 Å². The number of nitriles is 1. The Balaban J connectivity index is 2.17. The van der Waals surface area contributed by atoms with E-state index in [9.17, 15) is 4.79 Å². The number of hydrogen-bond acceptors (Lipinski definition) is 2. The molecule has 0 aromatic heterocycles. The van der Waals surface area contributed by atoms with Crippen LogP contribution >= 0.6 is 0 Å². The lowest BCUT2D eigenvalue weighted by atomic mass is 10.0. The molecule has 1 aliphatic rings. The molecule has 0 bridgehead atoms. The monoisotopic (exact) mass is 231 g/mol. The first-order chi connectivity index (χ1) is 8.81. The zero-order valence-corrected chi connectivity index (χ0v) is 9.55. The summed E-state index contributed by atoms with van der Waals surface area (Å²) in [6.45, 7) is 0. The van der Waals surface area contributed by atoms with Crippen molar-refractivity contribution < 1.29 is 4.79 Å². The Hall–Kier alpha value is -2.66. The Bertz CT molecular complexity index is 720. The number of fused-ring (bicyclic) bond motifs is 3. The highest BCUT2D eigenvalue weighted by Crippen LogP contribution is 2.36. The molecular weight excluding hydrogens is 222 g/mol. The van der Waals surface area contributed by atoms with E-state index in [0.717, 1.165) is 27.8 Å². The van der Waals surface area contributed by atoms with Crippen molar-refractivity contribution >= 4 is 11.9 Å². The Morgan fingerprint density at radius 2 is 1.67 bits per heavy atom. The molecule has 84 valence electrons. The van der Waals surface area contributed by atoms with Crippen molar-refractivity contribution in [3.05, 3.63) is 65.2 Å². The summed E-state index contributed by atoms with van der Waals surface area (Å²) >= 11 is 0. The van der Waals surface area contributed by atoms with Gasteiger partial charge in [0.2, 0.25) is 0 Å². The summed E-state index contributed by atoms with van der Waals surface area (Å²) in [5.41, 5.74) is 4.32. The average Bonchev–Trinajstić information content (AvgIpc) is 2.71. The molecule has 0 N–H and O–H groups in total. The number of nitrogens with zero attached hydrogens (tertiary/aromatic N) is 1. The van der Waals surface area contributed by atoms with Gasteiger partial charge < -0.3 is 0 Å². The van der Waals surface area contributed by atoms with Gasteiger partial charge in [-0.25, -0.2) is 0 Å². The second-order valence-corrected chi connectivity index (χ2v) is 4.14. The van der Waals surface area contributed by atoms with E-state index in [1.165, 1.54) is 6.08 Å². The van der Waals surface area contributed by atoms with Crippen molar-refractivity contribution in [3.8, 4) is 17.2 Å². The quantitative estimate of drug-likeness (QED) is 0.602. The molecule has 3 rings (SSSR count). The van der Waals surface area contributed by atoms with Crippen LogP contribution in [0.25, 0.3) is 17.2 Å². The van der Waals surface area contributed by atoms with Gasteiger partial charge in [-0.3, -0.25) is 4.79 Å². The lowest BCUT2D eigenvalue weighted by Crippen LogP contribution is -1.94. The highest BCUT2D eigenvalue weighted by atomic mass is 16.1. The summed E-state index contributed by atoms with van der Waals surface area (Å²) in [5, 5.41) is 8.51. The molecule has 2 aromatic rings. The maximum atomic E-state index is 12.2. The molecule has 0 saturated carbocycles. The van der Waals surface area contributed by atoms with E-state index >= 15 is 0 Å². The third kappa shape index (κ3) is 1.46. The molecular formula is C16H9NO. The summed E-state index contributed by atoms with van der Waals surface area (Å²) in [4.78, 5) is 12.2. The van der Waals surface area contributed by atoms with Crippen molar-refractivity contribution in [2.24, 2.45) is 0 Å². The van der Waals surface area contributed by atoms with E-state index in [-0.39, 0.29) is 5.78 Å². The zero-order chi connectivity index (χ0) is 12.5. The van der Waals surface area contributed by atoms with Crippen LogP contribution in [-0.2, 0) is 0 Å². The smallest absolute Gasteiger partial charge is 0.194 e. The van der Waals surface area contributed by atoms with Crippen LogP contribution in [0, 0.1) is 11.3 Å². The summed E-state index contributed by atoms with van der Waals surface area (Å²) in [5.74, 6) is 0.0628. The molecule has 0 atom stereocenters. The highest BCUT2D eigenvalue weighted by Gasteiger charge is 2.25. The fourth-order valence-electron chi connectivity index (χ4n) is 2.28. The molecule has 0 spiro atoms. The van der Waals surface area contributed by atoms with Crippen LogP contribution in [0.15, 0.2) is 48.5 Å². The fraction of sp³-hybridized carbons (Fsp3) is 0. The SMILES string of the molecule is N#CC=Cc1ccc2c(c1)C(=O)c1ccccc1-2. The number of allylic oxidation sites excluding steroid dienone is 1. The molecule has 2 nitrogen and oxygen atoms in total. The number of benzene rings is 2. The van der Waals surface area contributed by atoms with Gasteiger partial charge >= 0.3 is 0 Å². The minimum Gasteiger partial charge on any atom is -0.289 e. The Morgan fingerprint density at radius 1 is 0.944 bits per heavy atom. The largest absolute Gasteiger partial charge is 0.289 e. The highest BCUT2D eigenvalue weighted by molar-refractivity contribution is 6.21. The topological polar surface area (TPSA) is 40.9 Å². The third-order valence-electron chi connectivity index (χ3n) is 3.10. The lowest BCUT2D eigenvalue weighted by molar-refractivity contribution is 0.104. The van der Waals surface area contributed by atoms with E-state index in [4.69, 9.17) is 5.26 Å². The van der Waals surface area contributed by atoms with E-state index in [2.05, 4.69) is 0 Å². The fourth-order valence-corrected chi connectivity index (χ4v) is 2.28. The van der Waals surface area contributed by atoms with Gasteiger partial charge in [0.25, 0.3) is 0 Å². The number of rotatable bonds is 1. The number of carbonyl (C=O) groups excluding carboxylic acids is 1. The van der Waals surface area contributed by atoms with Crippen molar-refractivity contribution in [3.63, 3.8) is 0 Å². The number of carbonyl (C=O) groups is 1. The van der Waals surface area contributed by atoms with E-state index in [1.54, 1.807) is 6.08 Å². The predicted octanol–water partition coefficient (Wildman–Crippen LogP) is 3.43. The van der Waals surface area contributed by atoms with Crippen LogP contribution in [0.1, 0.15) is 21.5 Å². The average molecular weight is 231 g/mol. The van der Waals surface area contributed by atoms with Crippen LogP contribution in [0.3, 0.4) is 0 Å². The second-order valence-electron chi connectivity index (χ2n) is 4.14. The molecule has 0 aliphatic heterocycles. The first-order valence-corrected chi connectivity index (χ1v) is 5.65. The van der Waals surface area contributed by atoms with Crippen molar-refractivity contribution in [1.29, 1.82) is 5.26 Å². The molecule has 0 unspecified atom stereocenters. The molecule has 2 aromatic carbocycles. The Kier molecular flexibility index (Phi) is 2.32. The maximum absolute atomic E-state index is 12.2. The van der Waals surface area contributed by atoms with Gasteiger partial charge in [0.1, 0.15) is 0 Å². The van der Waals surface area contributed by atoms with Crippen LogP contribution < -0.4 is 0 Å². The number of ketones is 1. The van der Waals surface area contributed by atoms with E-state index in [1.807, 2.05) is 48.5 Å². The van der Waals surface area contributed by atoms with Crippen LogP contribution in [0.4, 0.5) is 0 Å². The molecule has 0 saturated heterocycles. The molecule has 0 heterocycles. The first-order valence-electron chi connectivity index (χ1n) is 5.65. The van der Waals surface area contributed by atoms with Gasteiger partial charge in [-0.15, -0.1) is 0 Å².